The van der Waals surface area contributed by atoms with Crippen LogP contribution in [0.25, 0.3) is 0 Å². The number of pyridine rings is 1. The third-order valence-electron chi connectivity index (χ3n) is 7.20. The average molecular weight is 716 g/mol. The topological polar surface area (TPSA) is 180 Å². The fourth-order valence-electron chi connectivity index (χ4n) is 4.88. The van der Waals surface area contributed by atoms with Gasteiger partial charge in [-0.3, -0.25) is 19.3 Å². The van der Waals surface area contributed by atoms with Crippen LogP contribution in [0.15, 0.2) is 57.6 Å². The number of hydrogen-bond acceptors (Lipinski definition) is 9. The summed E-state index contributed by atoms with van der Waals surface area (Å²) in [5.74, 6) is -2.25. The molecule has 11 nitrogen and oxygen atoms in total. The molecule has 4 rings (SSSR count). The molecule has 0 aliphatic carbocycles. The number of halogens is 2. The van der Waals surface area contributed by atoms with Crippen LogP contribution >= 0.6 is 58.5 Å². The van der Waals surface area contributed by atoms with Gasteiger partial charge in [-0.05, 0) is 43.2 Å². The highest BCUT2D eigenvalue weighted by Crippen LogP contribution is 2.41. The highest BCUT2D eigenvalue weighted by molar-refractivity contribution is 8.01. The lowest BCUT2D eigenvalue weighted by atomic mass is 10.0. The van der Waals surface area contributed by atoms with Gasteiger partial charge in [0.25, 0.3) is 5.91 Å². The van der Waals surface area contributed by atoms with Crippen LogP contribution in [0, 0.1) is 0 Å². The van der Waals surface area contributed by atoms with E-state index < -0.39 is 35.3 Å². The molecular weight excluding hydrogens is 681 g/mol. The minimum absolute atomic E-state index is 0.0188. The van der Waals surface area contributed by atoms with Gasteiger partial charge in [0.2, 0.25) is 5.91 Å². The second-order valence-corrected chi connectivity index (χ2v) is 14.4. The number of nitrogens with zero attached hydrogens (tertiary/aromatic N) is 2. The van der Waals surface area contributed by atoms with Crippen LogP contribution in [0.1, 0.15) is 25.0 Å². The number of hydrogen-bond donors (Lipinski definition) is 5. The number of aliphatic carboxylic acids is 2. The molecule has 0 unspecified atom stereocenters. The van der Waals surface area contributed by atoms with Gasteiger partial charge in [-0.1, -0.05) is 23.2 Å². The number of carbonyl (C=O) groups excluding carboxylic acids is 2. The number of amides is 2. The lowest BCUT2D eigenvalue weighted by Gasteiger charge is -2.49. The lowest BCUT2D eigenvalue weighted by Crippen LogP contribution is -2.70. The molecule has 1 saturated heterocycles. The number of thioether (sulfide) groups is 3. The van der Waals surface area contributed by atoms with Crippen LogP contribution in [-0.4, -0.2) is 80.1 Å². The quantitative estimate of drug-likeness (QED) is 0.0980. The number of fused-ring (bicyclic) bond motifs is 1. The van der Waals surface area contributed by atoms with E-state index in [0.29, 0.717) is 58.0 Å². The number of aromatic nitrogens is 1. The number of carboxylic acids is 2. The smallest absolute Gasteiger partial charge is 0.352 e. The standard InChI is InChI=1S/C29H33Cl2N5O6S3/c30-17-5-6-20(31)22(11-17)44-15-23(37)34-24-26(38)36-25(29(41)42)16(14-45-27(24)36)13-43-19-7-10-35(18(12-19)3-1-8-32)9-2-4-21(33)28(39)40/h5-7,10-12,21,24,27H,1-4,8-9,13-15,32-33H2,(H2-,34,37,39,40,41,42)/p+1/t21-,24-,27+/m0/s1. The summed E-state index contributed by atoms with van der Waals surface area (Å²) in [6.45, 7) is 1.13. The van der Waals surface area contributed by atoms with Crippen LogP contribution in [0.4, 0.5) is 0 Å². The molecule has 0 bridgehead atoms. The molecule has 2 aromatic rings. The zero-order chi connectivity index (χ0) is 32.7. The Bertz CT molecular complexity index is 1500. The molecule has 7 N–H and O–H groups in total. The first-order valence-electron chi connectivity index (χ1n) is 14.1. The number of carboxylic acid groups (broad SMARTS) is 2. The van der Waals surface area contributed by atoms with E-state index in [1.54, 1.807) is 18.2 Å². The largest absolute Gasteiger partial charge is 0.480 e. The van der Waals surface area contributed by atoms with Crippen molar-refractivity contribution in [3.63, 3.8) is 0 Å². The molecule has 2 amide bonds. The Kier molecular flexibility index (Phi) is 12.9. The van der Waals surface area contributed by atoms with Crippen LogP contribution < -0.4 is 21.4 Å². The van der Waals surface area contributed by atoms with Gasteiger partial charge in [-0.15, -0.1) is 35.3 Å². The van der Waals surface area contributed by atoms with Gasteiger partial charge in [0, 0.05) is 51.3 Å². The minimum Gasteiger partial charge on any atom is -0.480 e. The Morgan fingerprint density at radius 3 is 2.64 bits per heavy atom. The number of carbonyl (C=O) groups is 4. The number of β-lactam (4-membered cyclic amide) rings is 1. The Morgan fingerprint density at radius 2 is 1.93 bits per heavy atom. The van der Waals surface area contributed by atoms with E-state index in [1.807, 2.05) is 18.3 Å². The number of rotatable bonds is 16. The summed E-state index contributed by atoms with van der Waals surface area (Å²) in [7, 11) is 0. The molecule has 2 aliphatic heterocycles. The summed E-state index contributed by atoms with van der Waals surface area (Å²) in [6.07, 6.45) is 4.40. The van der Waals surface area contributed by atoms with Gasteiger partial charge < -0.3 is 27.0 Å². The molecule has 1 fully saturated rings. The summed E-state index contributed by atoms with van der Waals surface area (Å²) < 4.78 is 2.06. The van der Waals surface area contributed by atoms with Crippen molar-refractivity contribution in [1.82, 2.24) is 10.2 Å². The van der Waals surface area contributed by atoms with Crippen LogP contribution in [-0.2, 0) is 32.1 Å². The first-order chi connectivity index (χ1) is 21.5. The third-order valence-corrected chi connectivity index (χ3v) is 11.3. The third kappa shape index (κ3) is 9.09. The molecule has 0 saturated carbocycles. The first kappa shape index (κ1) is 35.4. The second-order valence-electron chi connectivity index (χ2n) is 10.4. The summed E-state index contributed by atoms with van der Waals surface area (Å²) in [5, 5.41) is 22.3. The van der Waals surface area contributed by atoms with E-state index in [1.165, 1.54) is 40.2 Å². The zero-order valence-electron chi connectivity index (χ0n) is 24.1. The van der Waals surface area contributed by atoms with Crippen LogP contribution in [0.2, 0.25) is 10.0 Å². The van der Waals surface area contributed by atoms with E-state index >= 15 is 0 Å². The van der Waals surface area contributed by atoms with Gasteiger partial charge in [-0.2, -0.15) is 0 Å². The Balaban J connectivity index is 1.38. The molecule has 2 aliphatic rings. The fourth-order valence-corrected chi connectivity index (χ4v) is 8.61. The fraction of sp³-hybridized carbons (Fsp3) is 0.414. The maximum atomic E-state index is 13.1. The van der Waals surface area contributed by atoms with E-state index in [4.69, 9.17) is 39.8 Å². The number of nitrogens with one attached hydrogen (secondary N) is 1. The summed E-state index contributed by atoms with van der Waals surface area (Å²) >= 11 is 16.3. The van der Waals surface area contributed by atoms with Crippen molar-refractivity contribution >= 4 is 82.2 Å². The molecule has 16 heteroatoms. The molecule has 1 aromatic heterocycles. The predicted octanol–water partition coefficient (Wildman–Crippen LogP) is 2.99. The van der Waals surface area contributed by atoms with Crippen molar-refractivity contribution in [1.29, 1.82) is 0 Å². The number of aryl methyl sites for hydroxylation is 2. The molecule has 45 heavy (non-hydrogen) atoms. The molecule has 3 atom stereocenters. The van der Waals surface area contributed by atoms with Crippen molar-refractivity contribution < 1.29 is 34.0 Å². The normalized spacial score (nSPS) is 18.3. The van der Waals surface area contributed by atoms with E-state index in [0.717, 1.165) is 23.4 Å². The van der Waals surface area contributed by atoms with E-state index in [9.17, 15) is 24.3 Å². The zero-order valence-corrected chi connectivity index (χ0v) is 28.1. The first-order valence-corrected chi connectivity index (χ1v) is 17.9. The van der Waals surface area contributed by atoms with Gasteiger partial charge in [0.1, 0.15) is 29.7 Å². The number of benzene rings is 1. The minimum atomic E-state index is -1.19. The van der Waals surface area contributed by atoms with Gasteiger partial charge in [0.05, 0.1) is 10.8 Å². The van der Waals surface area contributed by atoms with Crippen molar-refractivity contribution in [3.05, 3.63) is 63.5 Å². The van der Waals surface area contributed by atoms with Crippen molar-refractivity contribution in [2.75, 3.05) is 23.8 Å². The summed E-state index contributed by atoms with van der Waals surface area (Å²) in [5.41, 5.74) is 13.0. The number of nitrogens with two attached hydrogens (primary N) is 2. The second kappa shape index (κ2) is 16.4. The molecule has 242 valence electrons. The summed E-state index contributed by atoms with van der Waals surface area (Å²) in [6, 6.07) is 7.20. The monoisotopic (exact) mass is 714 g/mol. The Hall–Kier alpha value is -2.46. The molecule has 1 aromatic carbocycles. The predicted molar refractivity (Wildman–Crippen MR) is 176 cm³/mol. The Morgan fingerprint density at radius 1 is 1.16 bits per heavy atom. The van der Waals surface area contributed by atoms with Crippen LogP contribution in [0.3, 0.4) is 0 Å². The van der Waals surface area contributed by atoms with E-state index in [2.05, 4.69) is 9.88 Å². The van der Waals surface area contributed by atoms with Gasteiger partial charge in [0.15, 0.2) is 11.9 Å². The maximum absolute atomic E-state index is 13.1. The average Bonchev–Trinajstić information content (AvgIpc) is 3.01. The lowest BCUT2D eigenvalue weighted by molar-refractivity contribution is -0.704. The SMILES string of the molecule is NCCCc1cc(SCC2=C(C(=O)O)N3C(=O)[C@H](NC(=O)CSc4cc(Cl)ccc4Cl)[C@H]3SC2)cc[n+]1CCC[C@H](N)C(=O)O. The Labute approximate surface area is 283 Å². The molecule has 3 heterocycles. The maximum Gasteiger partial charge on any atom is 0.352 e. The van der Waals surface area contributed by atoms with Crippen molar-refractivity contribution in [2.24, 2.45) is 11.5 Å². The van der Waals surface area contributed by atoms with Crippen molar-refractivity contribution in [3.8, 4) is 0 Å². The molecular formula is C29H34Cl2N5O6S3+. The summed E-state index contributed by atoms with van der Waals surface area (Å²) in [4.78, 5) is 51.9. The van der Waals surface area contributed by atoms with Crippen LogP contribution in [0.5, 0.6) is 0 Å². The molecule has 0 radical (unpaired) electrons. The highest BCUT2D eigenvalue weighted by atomic mass is 35.5. The highest BCUT2D eigenvalue weighted by Gasteiger charge is 2.54. The van der Waals surface area contributed by atoms with Gasteiger partial charge >= 0.3 is 11.9 Å². The van der Waals surface area contributed by atoms with Crippen molar-refractivity contribution in [2.45, 2.75) is 59.5 Å². The van der Waals surface area contributed by atoms with E-state index in [-0.39, 0.29) is 17.4 Å². The molecule has 0 spiro atoms. The van der Waals surface area contributed by atoms with Gasteiger partial charge in [-0.25, -0.2) is 9.36 Å².